The van der Waals surface area contributed by atoms with Crippen molar-refractivity contribution in [1.29, 1.82) is 0 Å². The molecule has 27 heavy (non-hydrogen) atoms. The van der Waals surface area contributed by atoms with Crippen molar-refractivity contribution in [3.05, 3.63) is 12.2 Å². The molecule has 2 fully saturated rings. The molecule has 2 rings (SSSR count). The summed E-state index contributed by atoms with van der Waals surface area (Å²) in [5.41, 5.74) is 0. The van der Waals surface area contributed by atoms with E-state index < -0.39 is 24.3 Å². The number of hydrogen-bond donors (Lipinski definition) is 1. The molecule has 1 aliphatic heterocycles. The molecular weight excluding hydrogens is 358 g/mol. The van der Waals surface area contributed by atoms with Crippen LogP contribution < -0.4 is 34.7 Å². The zero-order valence-corrected chi connectivity index (χ0v) is 19.1. The number of aliphatic hydroxyl groups is 1. The van der Waals surface area contributed by atoms with Crippen LogP contribution >= 0.6 is 0 Å². The molecule has 0 amide bonds. The van der Waals surface area contributed by atoms with Gasteiger partial charge in [0, 0.05) is 11.9 Å². The van der Waals surface area contributed by atoms with E-state index in [1.165, 1.54) is 0 Å². The number of aliphatic carboxylic acids is 1. The molecule has 7 atom stereocenters. The van der Waals surface area contributed by atoms with Gasteiger partial charge in [0.15, 0.2) is 0 Å². The number of aliphatic hydroxyl groups excluding tert-OH is 1. The van der Waals surface area contributed by atoms with Crippen LogP contribution in [0.4, 0.5) is 4.39 Å². The van der Waals surface area contributed by atoms with Crippen molar-refractivity contribution in [3.63, 3.8) is 0 Å². The number of rotatable bonds is 11. The van der Waals surface area contributed by atoms with Crippen LogP contribution in [0.2, 0.25) is 0 Å². The van der Waals surface area contributed by atoms with E-state index in [2.05, 4.69) is 13.8 Å². The minimum atomic E-state index is -1.05. The molecule has 2 aliphatic rings. The van der Waals surface area contributed by atoms with Crippen molar-refractivity contribution < 1.29 is 53.7 Å². The van der Waals surface area contributed by atoms with Gasteiger partial charge in [-0.2, -0.15) is 0 Å². The average molecular weight is 392 g/mol. The number of alkyl halides is 1. The van der Waals surface area contributed by atoms with Crippen LogP contribution in [-0.2, 0) is 9.53 Å². The number of ether oxygens (including phenoxy) is 1. The summed E-state index contributed by atoms with van der Waals surface area (Å²) in [7, 11) is 0. The predicted octanol–water partition coefficient (Wildman–Crippen LogP) is 0.176. The van der Waals surface area contributed by atoms with E-state index in [1.54, 1.807) is 0 Å². The Labute approximate surface area is 185 Å². The number of carbonyl (C=O) groups is 1. The fourth-order valence-corrected chi connectivity index (χ4v) is 4.54. The number of unbranched alkanes of at least 4 members (excludes halogenated alkanes) is 3. The molecular formula is C21H34FNaO4. The van der Waals surface area contributed by atoms with Crippen molar-refractivity contribution in [2.75, 3.05) is 0 Å². The van der Waals surface area contributed by atoms with Gasteiger partial charge >= 0.3 is 29.6 Å². The smallest absolute Gasteiger partial charge is 0.550 e. The maximum absolute atomic E-state index is 15.0. The summed E-state index contributed by atoms with van der Waals surface area (Å²) in [4.78, 5) is 10.5. The summed E-state index contributed by atoms with van der Waals surface area (Å²) in [6.45, 7) is 4.26. The second-order valence-electron chi connectivity index (χ2n) is 8.09. The SMILES string of the molecule is CCCCC[C@H](O)/C=C/[C@@H]1[C@H]2C(F)C(CCCCC(=O)[O-])O[C@@H]2C[C@H]1C.[Na+]. The van der Waals surface area contributed by atoms with Gasteiger partial charge in [0.2, 0.25) is 0 Å². The number of carboxylic acid groups (broad SMARTS) is 1. The normalized spacial score (nSPS) is 33.8. The van der Waals surface area contributed by atoms with Crippen molar-refractivity contribution in [1.82, 2.24) is 0 Å². The average Bonchev–Trinajstić information content (AvgIpc) is 3.05. The van der Waals surface area contributed by atoms with Crippen LogP contribution in [0.15, 0.2) is 12.2 Å². The second kappa shape index (κ2) is 12.6. The Morgan fingerprint density at radius 1 is 1.33 bits per heavy atom. The van der Waals surface area contributed by atoms with Gasteiger partial charge in [0.25, 0.3) is 0 Å². The molecule has 1 heterocycles. The van der Waals surface area contributed by atoms with Crippen LogP contribution in [0.3, 0.4) is 0 Å². The number of allylic oxidation sites excluding steroid dienone is 1. The van der Waals surface area contributed by atoms with Crippen LogP contribution in [-0.4, -0.2) is 35.6 Å². The number of fused-ring (bicyclic) bond motifs is 1. The van der Waals surface area contributed by atoms with Gasteiger partial charge in [-0.15, -0.1) is 0 Å². The van der Waals surface area contributed by atoms with Gasteiger partial charge in [-0.05, 0) is 43.9 Å². The van der Waals surface area contributed by atoms with E-state index in [4.69, 9.17) is 4.74 Å². The summed E-state index contributed by atoms with van der Waals surface area (Å²) >= 11 is 0. The maximum atomic E-state index is 15.0. The largest absolute Gasteiger partial charge is 1.00 e. The molecule has 1 N–H and O–H groups in total. The minimum Gasteiger partial charge on any atom is -0.550 e. The van der Waals surface area contributed by atoms with Crippen molar-refractivity contribution in [2.45, 2.75) is 96.1 Å². The summed E-state index contributed by atoms with van der Waals surface area (Å²) in [6, 6.07) is 0. The van der Waals surface area contributed by atoms with Crippen LogP contribution in [0.5, 0.6) is 0 Å². The molecule has 1 aliphatic carbocycles. The van der Waals surface area contributed by atoms with Crippen LogP contribution in [0.25, 0.3) is 0 Å². The third-order valence-electron chi connectivity index (χ3n) is 5.99. The molecule has 150 valence electrons. The van der Waals surface area contributed by atoms with Gasteiger partial charge < -0.3 is 19.7 Å². The number of hydrogen-bond acceptors (Lipinski definition) is 4. The van der Waals surface area contributed by atoms with Gasteiger partial charge in [-0.3, -0.25) is 0 Å². The molecule has 0 spiro atoms. The minimum absolute atomic E-state index is 0. The maximum Gasteiger partial charge on any atom is 1.00 e. The molecule has 0 aromatic heterocycles. The summed E-state index contributed by atoms with van der Waals surface area (Å²) in [5.74, 6) is -0.747. The zero-order chi connectivity index (χ0) is 19.1. The molecule has 1 saturated heterocycles. The molecule has 0 radical (unpaired) electrons. The van der Waals surface area contributed by atoms with Gasteiger partial charge in [-0.1, -0.05) is 51.7 Å². The molecule has 2 unspecified atom stereocenters. The fourth-order valence-electron chi connectivity index (χ4n) is 4.54. The first-order valence-electron chi connectivity index (χ1n) is 10.3. The predicted molar refractivity (Wildman–Crippen MR) is 97.1 cm³/mol. The molecule has 0 bridgehead atoms. The first-order chi connectivity index (χ1) is 12.4. The Hall–Kier alpha value is 0.0600. The number of halogens is 1. The van der Waals surface area contributed by atoms with E-state index >= 15 is 0 Å². The number of carboxylic acids is 1. The zero-order valence-electron chi connectivity index (χ0n) is 17.1. The van der Waals surface area contributed by atoms with E-state index in [1.807, 2.05) is 12.2 Å². The van der Waals surface area contributed by atoms with Crippen molar-refractivity contribution in [2.24, 2.45) is 17.8 Å². The van der Waals surface area contributed by atoms with Gasteiger partial charge in [-0.25, -0.2) is 4.39 Å². The monoisotopic (exact) mass is 392 g/mol. The van der Waals surface area contributed by atoms with E-state index in [-0.39, 0.29) is 53.9 Å². The van der Waals surface area contributed by atoms with Crippen LogP contribution in [0.1, 0.15) is 71.6 Å². The standard InChI is InChI=1S/C21H35FO4.Na/c1-3-4-5-8-15(23)11-12-16-14(2)13-18-20(16)21(22)17(26-18)9-6-7-10-19(24)25;/h11-12,14-18,20-21,23H,3-10,13H2,1-2H3,(H,24,25);/q;+1/p-1/b12-11+;/t14-,15+,16+,17?,18-,20-,21?;/m1./s1. The Balaban J connectivity index is 0.00000364. The first kappa shape index (κ1) is 25.1. The quantitative estimate of drug-likeness (QED) is 0.309. The Morgan fingerprint density at radius 2 is 2.07 bits per heavy atom. The van der Waals surface area contributed by atoms with Gasteiger partial charge in [0.1, 0.15) is 6.17 Å². The molecule has 4 nitrogen and oxygen atoms in total. The van der Waals surface area contributed by atoms with Crippen molar-refractivity contribution in [3.8, 4) is 0 Å². The third kappa shape index (κ3) is 7.43. The summed E-state index contributed by atoms with van der Waals surface area (Å²) in [5, 5.41) is 20.6. The molecule has 0 aromatic carbocycles. The van der Waals surface area contributed by atoms with Crippen LogP contribution in [0, 0.1) is 17.8 Å². The van der Waals surface area contributed by atoms with E-state index in [0.717, 1.165) is 32.1 Å². The molecule has 1 saturated carbocycles. The van der Waals surface area contributed by atoms with E-state index in [9.17, 15) is 19.4 Å². The van der Waals surface area contributed by atoms with Crippen molar-refractivity contribution >= 4 is 5.97 Å². The Bertz CT molecular complexity index is 473. The Kier molecular flexibility index (Phi) is 11.7. The number of carbonyl (C=O) groups excluding carboxylic acids is 1. The molecule has 0 aromatic rings. The fraction of sp³-hybridized carbons (Fsp3) is 0.857. The summed E-state index contributed by atoms with van der Waals surface area (Å²) in [6.07, 6.45) is 8.52. The molecule has 6 heteroatoms. The Morgan fingerprint density at radius 3 is 2.74 bits per heavy atom. The van der Waals surface area contributed by atoms with Gasteiger partial charge in [0.05, 0.1) is 18.3 Å². The van der Waals surface area contributed by atoms with E-state index in [0.29, 0.717) is 25.2 Å². The first-order valence-corrected chi connectivity index (χ1v) is 10.3. The third-order valence-corrected chi connectivity index (χ3v) is 5.99. The second-order valence-corrected chi connectivity index (χ2v) is 8.09. The summed E-state index contributed by atoms with van der Waals surface area (Å²) < 4.78 is 20.9. The topological polar surface area (TPSA) is 69.6 Å².